The Morgan fingerprint density at radius 2 is 1.76 bits per heavy atom. The van der Waals surface area contributed by atoms with Gasteiger partial charge in [-0.2, -0.15) is 18.3 Å². The third-order valence-corrected chi connectivity index (χ3v) is 11.9. The molecule has 8 rings (SSSR count). The van der Waals surface area contributed by atoms with Crippen LogP contribution in [0.15, 0.2) is 72.8 Å². The van der Waals surface area contributed by atoms with Crippen LogP contribution < -0.4 is 15.0 Å². The predicted octanol–water partition coefficient (Wildman–Crippen LogP) is 6.42. The number of aromatic nitrogens is 2. The molecule has 59 heavy (non-hydrogen) atoms. The molecule has 0 radical (unpaired) electrons. The highest BCUT2D eigenvalue weighted by Crippen LogP contribution is 2.45. The van der Waals surface area contributed by atoms with Crippen LogP contribution in [-0.2, 0) is 15.7 Å². The fourth-order valence-corrected chi connectivity index (χ4v) is 8.57. The number of carbonyl (C=O) groups is 3. The zero-order valence-corrected chi connectivity index (χ0v) is 32.6. The molecule has 2 atom stereocenters. The van der Waals surface area contributed by atoms with Crippen molar-refractivity contribution in [2.24, 2.45) is 5.41 Å². The van der Waals surface area contributed by atoms with Crippen LogP contribution >= 0.6 is 0 Å². The molecule has 5 heterocycles. The summed E-state index contributed by atoms with van der Waals surface area (Å²) in [6, 6.07) is 14.7. The van der Waals surface area contributed by atoms with Crippen LogP contribution in [-0.4, -0.2) is 102 Å². The molecule has 12 nitrogen and oxygen atoms in total. The van der Waals surface area contributed by atoms with Crippen molar-refractivity contribution in [3.63, 3.8) is 0 Å². The van der Waals surface area contributed by atoms with Gasteiger partial charge in [-0.1, -0.05) is 24.3 Å². The molecule has 3 amide bonds. The van der Waals surface area contributed by atoms with E-state index in [0.717, 1.165) is 64.2 Å². The van der Waals surface area contributed by atoms with E-state index in [1.807, 2.05) is 6.07 Å². The van der Waals surface area contributed by atoms with E-state index in [9.17, 15) is 31.9 Å². The molecule has 0 bridgehead atoms. The number of amidine groups is 1. The van der Waals surface area contributed by atoms with Crippen molar-refractivity contribution in [2.75, 3.05) is 57.4 Å². The highest BCUT2D eigenvalue weighted by molar-refractivity contribution is 6.10. The number of likely N-dealkylation sites (N-methyl/N-ethyl adjacent to an activating group) is 1. The minimum absolute atomic E-state index is 0.0532. The number of nitrogens with one attached hydrogen (secondary N) is 2. The SMILES string of the molecule is CCN1C(=O)[C@H](NC(=O)c2cccc(C(F)(F)F)c2)[C@H](c2ccc(F)cc2)c2c(C(=O)N3CCCC3=N)nn(-c3cccc(OCCCN4CCC5(CC4)COC5)c3)c21. The average Bonchev–Trinajstić information content (AvgIpc) is 3.83. The molecule has 1 aromatic heterocycles. The molecule has 2 N–H and O–H groups in total. The van der Waals surface area contributed by atoms with E-state index in [0.29, 0.717) is 47.9 Å². The Kier molecular flexibility index (Phi) is 11.0. The van der Waals surface area contributed by atoms with Gasteiger partial charge in [0.2, 0.25) is 0 Å². The number of hydrogen-bond donors (Lipinski definition) is 2. The Bertz CT molecular complexity index is 2250. The van der Waals surface area contributed by atoms with Crippen molar-refractivity contribution >= 4 is 29.4 Å². The molecular weight excluding hydrogens is 771 g/mol. The van der Waals surface area contributed by atoms with Crippen molar-refractivity contribution in [1.82, 2.24) is 24.9 Å². The van der Waals surface area contributed by atoms with Crippen molar-refractivity contribution in [3.05, 3.63) is 107 Å². The van der Waals surface area contributed by atoms with Crippen molar-refractivity contribution < 1.29 is 41.4 Å². The summed E-state index contributed by atoms with van der Waals surface area (Å²) in [4.78, 5) is 48.2. The van der Waals surface area contributed by atoms with Gasteiger partial charge in [-0.3, -0.25) is 29.6 Å². The number of carbonyl (C=O) groups excluding carboxylic acids is 3. The number of rotatable bonds is 11. The van der Waals surface area contributed by atoms with Crippen LogP contribution in [0.25, 0.3) is 5.69 Å². The second-order valence-electron chi connectivity index (χ2n) is 15.7. The van der Waals surface area contributed by atoms with Gasteiger partial charge in [0, 0.05) is 54.6 Å². The van der Waals surface area contributed by atoms with E-state index in [4.69, 9.17) is 20.0 Å². The fraction of sp³-hybridized carbons (Fsp3) is 0.419. The van der Waals surface area contributed by atoms with Crippen LogP contribution in [0.2, 0.25) is 0 Å². The second kappa shape index (κ2) is 16.2. The quantitative estimate of drug-likeness (QED) is 0.132. The summed E-state index contributed by atoms with van der Waals surface area (Å²) < 4.78 is 68.5. The molecule has 310 valence electrons. The Labute approximate surface area is 338 Å². The molecule has 1 spiro atoms. The second-order valence-corrected chi connectivity index (χ2v) is 15.7. The van der Waals surface area contributed by atoms with E-state index in [1.165, 1.54) is 44.8 Å². The lowest BCUT2D eigenvalue weighted by Crippen LogP contribution is -2.55. The number of benzene rings is 3. The molecule has 3 saturated heterocycles. The van der Waals surface area contributed by atoms with Gasteiger partial charge in [0.1, 0.15) is 29.3 Å². The molecule has 4 aliphatic rings. The van der Waals surface area contributed by atoms with Crippen molar-refractivity contribution in [2.45, 2.75) is 57.2 Å². The Morgan fingerprint density at radius 3 is 2.42 bits per heavy atom. The lowest BCUT2D eigenvalue weighted by atomic mass is 9.77. The van der Waals surface area contributed by atoms with E-state index in [-0.39, 0.29) is 41.6 Å². The topological polar surface area (TPSA) is 133 Å². The molecule has 3 fully saturated rings. The lowest BCUT2D eigenvalue weighted by Gasteiger charge is -2.47. The van der Waals surface area contributed by atoms with Gasteiger partial charge in [0.15, 0.2) is 5.69 Å². The van der Waals surface area contributed by atoms with Gasteiger partial charge in [-0.05, 0) is 93.7 Å². The zero-order chi connectivity index (χ0) is 41.5. The number of halogens is 4. The first-order valence-corrected chi connectivity index (χ1v) is 20.0. The first kappa shape index (κ1) is 40.2. The molecule has 0 aliphatic carbocycles. The maximum atomic E-state index is 14.7. The van der Waals surface area contributed by atoms with Crippen LogP contribution in [0.1, 0.15) is 82.5 Å². The smallest absolute Gasteiger partial charge is 0.416 e. The first-order valence-electron chi connectivity index (χ1n) is 20.0. The summed E-state index contributed by atoms with van der Waals surface area (Å²) in [5, 5.41) is 16.1. The summed E-state index contributed by atoms with van der Waals surface area (Å²) >= 11 is 0. The Morgan fingerprint density at radius 1 is 1.02 bits per heavy atom. The monoisotopic (exact) mass is 815 g/mol. The van der Waals surface area contributed by atoms with Crippen LogP contribution in [0.4, 0.5) is 23.4 Å². The molecule has 0 saturated carbocycles. The van der Waals surface area contributed by atoms with E-state index < -0.39 is 47.2 Å². The van der Waals surface area contributed by atoms with Gasteiger partial charge in [-0.25, -0.2) is 9.07 Å². The summed E-state index contributed by atoms with van der Waals surface area (Å²) in [5.41, 5.74) is -0.0547. The number of ether oxygens (including phenoxy) is 2. The molecular formula is C43H45F4N7O5. The van der Waals surface area contributed by atoms with Crippen molar-refractivity contribution in [3.8, 4) is 11.4 Å². The number of hydrogen-bond acceptors (Lipinski definition) is 8. The number of fused-ring (bicyclic) bond motifs is 1. The number of anilines is 1. The number of alkyl halides is 3. The number of likely N-dealkylation sites (tertiary alicyclic amines) is 2. The minimum Gasteiger partial charge on any atom is -0.493 e. The number of nitrogens with zero attached hydrogens (tertiary/aromatic N) is 5. The van der Waals surface area contributed by atoms with E-state index in [1.54, 1.807) is 25.1 Å². The van der Waals surface area contributed by atoms with Gasteiger partial charge < -0.3 is 19.7 Å². The number of piperidine rings is 1. The summed E-state index contributed by atoms with van der Waals surface area (Å²) in [6.45, 7) is 7.15. The Balaban J connectivity index is 1.16. The van der Waals surface area contributed by atoms with Gasteiger partial charge in [0.05, 0.1) is 31.1 Å². The molecule has 4 aromatic rings. The van der Waals surface area contributed by atoms with Crippen LogP contribution in [0.5, 0.6) is 5.75 Å². The van der Waals surface area contributed by atoms with E-state index >= 15 is 0 Å². The largest absolute Gasteiger partial charge is 0.493 e. The van der Waals surface area contributed by atoms with Crippen LogP contribution in [0, 0.1) is 16.6 Å². The first-order chi connectivity index (χ1) is 28.4. The van der Waals surface area contributed by atoms with Gasteiger partial charge in [0.25, 0.3) is 17.7 Å². The normalized spacial score (nSPS) is 20.4. The third kappa shape index (κ3) is 7.95. The predicted molar refractivity (Wildman–Crippen MR) is 210 cm³/mol. The minimum atomic E-state index is -4.72. The molecule has 4 aliphatic heterocycles. The number of amides is 3. The lowest BCUT2D eigenvalue weighted by molar-refractivity contribution is -0.139. The molecule has 3 aromatic carbocycles. The van der Waals surface area contributed by atoms with E-state index in [2.05, 4.69) is 10.2 Å². The zero-order valence-electron chi connectivity index (χ0n) is 32.6. The maximum Gasteiger partial charge on any atom is 0.416 e. The van der Waals surface area contributed by atoms with Crippen LogP contribution in [0.3, 0.4) is 0 Å². The van der Waals surface area contributed by atoms with Gasteiger partial charge in [-0.15, -0.1) is 0 Å². The average molecular weight is 816 g/mol. The fourth-order valence-electron chi connectivity index (χ4n) is 8.57. The maximum absolute atomic E-state index is 14.7. The summed E-state index contributed by atoms with van der Waals surface area (Å²) in [5.74, 6) is -3.03. The summed E-state index contributed by atoms with van der Waals surface area (Å²) in [7, 11) is 0. The standard InChI is InChI=1S/C43H45F4N7O5/c1-2-52-39-35(34(27-12-14-30(44)15-13-27)36(40(52)56)49-38(55)28-7-3-8-29(23-28)43(45,46)47)37(41(57)53-19-5-11-33(53)48)50-54(39)31-9-4-10-32(24-31)59-22-6-18-51-20-16-42(17-21-51)25-58-26-42/h3-4,7-10,12-15,23-24,34,36,48H,2,5-6,11,16-22,25-26H2,1H3,(H,49,55)/t34-,36-/m1/s1. The third-order valence-electron chi connectivity index (χ3n) is 11.9. The summed E-state index contributed by atoms with van der Waals surface area (Å²) in [6.07, 6.45) is -0.712. The molecule has 16 heteroatoms. The van der Waals surface area contributed by atoms with Gasteiger partial charge >= 0.3 is 6.18 Å². The highest BCUT2D eigenvalue weighted by Gasteiger charge is 2.48. The Hall–Kier alpha value is -5.61. The molecule has 0 unspecified atom stereocenters. The highest BCUT2D eigenvalue weighted by atomic mass is 19.4. The van der Waals surface area contributed by atoms with Crippen molar-refractivity contribution in [1.29, 1.82) is 5.41 Å².